The van der Waals surface area contributed by atoms with Crippen molar-refractivity contribution in [3.63, 3.8) is 0 Å². The van der Waals surface area contributed by atoms with E-state index in [9.17, 15) is 9.59 Å². The number of hydrogen-bond acceptors (Lipinski definition) is 14. The predicted molar refractivity (Wildman–Crippen MR) is 198 cm³/mol. The van der Waals surface area contributed by atoms with Gasteiger partial charge in [-0.05, 0) is 22.3 Å². The number of alkyl carbamates (subject to hydrolysis) is 1. The summed E-state index contributed by atoms with van der Waals surface area (Å²) in [5.41, 5.74) is 4.76. The zero-order chi connectivity index (χ0) is 38.2. The Morgan fingerprint density at radius 2 is 0.815 bits per heavy atom. The van der Waals surface area contributed by atoms with Crippen LogP contribution in [0.25, 0.3) is 11.1 Å². The number of amides is 1. The Morgan fingerprint density at radius 3 is 1.19 bits per heavy atom. The molecule has 15 heteroatoms. The lowest BCUT2D eigenvalue weighted by Crippen LogP contribution is -2.29. The molecule has 0 unspecified atom stereocenters. The minimum atomic E-state index is -0.456. The lowest BCUT2D eigenvalue weighted by molar-refractivity contribution is -0.141. The van der Waals surface area contributed by atoms with Gasteiger partial charge >= 0.3 is 12.1 Å². The maximum absolute atomic E-state index is 12.2. The van der Waals surface area contributed by atoms with E-state index >= 15 is 0 Å². The Kier molecular flexibility index (Phi) is 26.0. The molecule has 2 aromatic carbocycles. The van der Waals surface area contributed by atoms with E-state index in [0.29, 0.717) is 139 Å². The number of ether oxygens (including phenoxy) is 12. The number of rotatable bonds is 35. The van der Waals surface area contributed by atoms with E-state index in [4.69, 9.17) is 52.1 Å². The maximum Gasteiger partial charge on any atom is 0.407 e. The van der Waals surface area contributed by atoms with Crippen molar-refractivity contribution in [2.45, 2.75) is 12.3 Å². The number of nitrogens with one attached hydrogen (secondary N) is 1. The highest BCUT2D eigenvalue weighted by Gasteiger charge is 2.28. The van der Waals surface area contributed by atoms with Crippen LogP contribution in [0.3, 0.4) is 0 Å². The van der Waals surface area contributed by atoms with Crippen molar-refractivity contribution in [1.29, 1.82) is 0 Å². The minimum absolute atomic E-state index is 0.0337. The summed E-state index contributed by atoms with van der Waals surface area (Å²) in [6.07, 6.45) is -0.217. The fraction of sp³-hybridized carbons (Fsp3) is 0.641. The second-order valence-corrected chi connectivity index (χ2v) is 11.7. The second kappa shape index (κ2) is 31.0. The van der Waals surface area contributed by atoms with Crippen molar-refractivity contribution < 1.29 is 66.4 Å². The van der Waals surface area contributed by atoms with E-state index in [1.807, 2.05) is 24.3 Å². The molecule has 2 aromatic rings. The highest BCUT2D eigenvalue weighted by molar-refractivity contribution is 5.79. The van der Waals surface area contributed by atoms with Gasteiger partial charge in [0.2, 0.25) is 0 Å². The van der Waals surface area contributed by atoms with E-state index in [-0.39, 0.29) is 24.9 Å². The summed E-state index contributed by atoms with van der Waals surface area (Å²) >= 11 is 0. The molecule has 15 nitrogen and oxygen atoms in total. The molecule has 0 aliphatic heterocycles. The SMILES string of the molecule is COC(=O)CCOCCOCCOCCOCCOCCOCCOCCOCCOCCOCCNC(=O)OCC1c2ccccc2-c2ccccc21. The fourth-order valence-electron chi connectivity index (χ4n) is 5.21. The van der Waals surface area contributed by atoms with Crippen LogP contribution in [0.15, 0.2) is 48.5 Å². The number of hydrogen-bond donors (Lipinski definition) is 1. The van der Waals surface area contributed by atoms with Crippen molar-refractivity contribution in [3.05, 3.63) is 59.7 Å². The highest BCUT2D eigenvalue weighted by atomic mass is 16.6. The van der Waals surface area contributed by atoms with Crippen LogP contribution < -0.4 is 5.32 Å². The largest absolute Gasteiger partial charge is 0.469 e. The second-order valence-electron chi connectivity index (χ2n) is 11.7. The molecule has 0 fully saturated rings. The van der Waals surface area contributed by atoms with Gasteiger partial charge < -0.3 is 62.2 Å². The number of esters is 1. The van der Waals surface area contributed by atoms with Crippen LogP contribution in [0.4, 0.5) is 4.79 Å². The Labute approximate surface area is 319 Å². The van der Waals surface area contributed by atoms with Crippen LogP contribution in [0, 0.1) is 0 Å². The van der Waals surface area contributed by atoms with Crippen molar-refractivity contribution >= 4 is 12.1 Å². The average molecular weight is 766 g/mol. The van der Waals surface area contributed by atoms with Gasteiger partial charge in [0.15, 0.2) is 0 Å². The predicted octanol–water partition coefficient (Wildman–Crippen LogP) is 3.25. The normalized spacial score (nSPS) is 12.1. The van der Waals surface area contributed by atoms with Crippen LogP contribution in [-0.2, 0) is 61.6 Å². The van der Waals surface area contributed by atoms with Gasteiger partial charge in [-0.15, -0.1) is 0 Å². The molecule has 0 atom stereocenters. The van der Waals surface area contributed by atoms with Crippen LogP contribution in [0.2, 0.25) is 0 Å². The van der Waals surface area contributed by atoms with Gasteiger partial charge in [-0.3, -0.25) is 4.79 Å². The van der Waals surface area contributed by atoms with E-state index < -0.39 is 6.09 Å². The van der Waals surface area contributed by atoms with E-state index in [2.05, 4.69) is 34.3 Å². The van der Waals surface area contributed by atoms with Gasteiger partial charge in [0.05, 0.1) is 146 Å². The third kappa shape index (κ3) is 20.5. The Morgan fingerprint density at radius 1 is 0.481 bits per heavy atom. The molecular formula is C39H59NO14. The molecule has 0 heterocycles. The summed E-state index contributed by atoms with van der Waals surface area (Å²) < 4.78 is 64.6. The minimum Gasteiger partial charge on any atom is -0.469 e. The molecule has 0 radical (unpaired) electrons. The van der Waals surface area contributed by atoms with Gasteiger partial charge in [0, 0.05) is 12.5 Å². The summed E-state index contributed by atoms with van der Waals surface area (Å²) in [5.74, 6) is -0.256. The monoisotopic (exact) mass is 765 g/mol. The summed E-state index contributed by atoms with van der Waals surface area (Å²) in [4.78, 5) is 23.2. The lowest BCUT2D eigenvalue weighted by atomic mass is 9.98. The fourth-order valence-corrected chi connectivity index (χ4v) is 5.21. The van der Waals surface area contributed by atoms with Crippen molar-refractivity contribution in [2.24, 2.45) is 0 Å². The number of fused-ring (bicyclic) bond motifs is 3. The maximum atomic E-state index is 12.2. The molecule has 0 saturated heterocycles. The number of methoxy groups -OCH3 is 1. The van der Waals surface area contributed by atoms with E-state index in [1.165, 1.54) is 29.4 Å². The molecule has 1 aliphatic rings. The molecule has 1 N–H and O–H groups in total. The molecule has 0 spiro atoms. The van der Waals surface area contributed by atoms with Crippen LogP contribution >= 0.6 is 0 Å². The van der Waals surface area contributed by atoms with Crippen LogP contribution in [0.5, 0.6) is 0 Å². The summed E-state index contributed by atoms with van der Waals surface area (Å²) in [7, 11) is 1.35. The lowest BCUT2D eigenvalue weighted by Gasteiger charge is -2.14. The first-order valence-electron chi connectivity index (χ1n) is 18.6. The van der Waals surface area contributed by atoms with Gasteiger partial charge in [-0.1, -0.05) is 48.5 Å². The standard InChI is InChI=1S/C39H59NO14/c1-43-38(41)10-12-44-14-16-46-18-20-48-22-24-50-26-28-52-30-31-53-29-27-51-25-23-49-21-19-47-17-15-45-13-11-40-39(42)54-32-37-35-8-4-2-6-33(35)34-7-3-5-9-36(34)37/h2-9,37H,10-32H2,1H3,(H,40,42). The first-order chi connectivity index (χ1) is 26.7. The smallest absolute Gasteiger partial charge is 0.407 e. The number of carbonyl (C=O) groups is 2. The summed E-state index contributed by atoms with van der Waals surface area (Å²) in [6, 6.07) is 16.5. The Bertz CT molecular complexity index is 1210. The summed E-state index contributed by atoms with van der Waals surface area (Å²) in [6.45, 7) is 9.70. The summed E-state index contributed by atoms with van der Waals surface area (Å²) in [5, 5.41) is 2.74. The van der Waals surface area contributed by atoms with Crippen molar-refractivity contribution in [2.75, 3.05) is 152 Å². The van der Waals surface area contributed by atoms with Gasteiger partial charge in [-0.2, -0.15) is 0 Å². The van der Waals surface area contributed by atoms with Crippen LogP contribution in [-0.4, -0.2) is 164 Å². The van der Waals surface area contributed by atoms with Gasteiger partial charge in [-0.25, -0.2) is 4.79 Å². The zero-order valence-electron chi connectivity index (χ0n) is 31.7. The molecule has 0 saturated carbocycles. The molecule has 54 heavy (non-hydrogen) atoms. The first kappa shape index (κ1) is 45.2. The first-order valence-corrected chi connectivity index (χ1v) is 18.6. The highest BCUT2D eigenvalue weighted by Crippen LogP contribution is 2.44. The van der Waals surface area contributed by atoms with Gasteiger partial charge in [0.1, 0.15) is 6.61 Å². The van der Waals surface area contributed by atoms with Gasteiger partial charge in [0.25, 0.3) is 0 Å². The van der Waals surface area contributed by atoms with Crippen LogP contribution in [0.1, 0.15) is 23.5 Å². The molecule has 0 aromatic heterocycles. The molecular weight excluding hydrogens is 706 g/mol. The van der Waals surface area contributed by atoms with E-state index in [1.54, 1.807) is 0 Å². The molecule has 304 valence electrons. The molecule has 3 rings (SSSR count). The van der Waals surface area contributed by atoms with Crippen molar-refractivity contribution in [1.82, 2.24) is 5.32 Å². The van der Waals surface area contributed by atoms with E-state index in [0.717, 1.165) is 0 Å². The van der Waals surface area contributed by atoms with Crippen molar-refractivity contribution in [3.8, 4) is 11.1 Å². The third-order valence-corrected chi connectivity index (χ3v) is 7.89. The Balaban J connectivity index is 0.951. The molecule has 0 bridgehead atoms. The quantitative estimate of drug-likeness (QED) is 0.0806. The number of benzene rings is 2. The third-order valence-electron chi connectivity index (χ3n) is 7.89. The zero-order valence-corrected chi connectivity index (χ0v) is 31.7. The molecule has 1 aliphatic carbocycles. The molecule has 1 amide bonds. The number of carbonyl (C=O) groups excluding carboxylic acids is 2. The topological polar surface area (TPSA) is 157 Å². The Hall–Kier alpha value is -3.22. The average Bonchev–Trinajstić information content (AvgIpc) is 3.52.